The molecule has 1 atom stereocenters. The summed E-state index contributed by atoms with van der Waals surface area (Å²) in [4.78, 5) is 30.1. The second-order valence-corrected chi connectivity index (χ2v) is 7.53. The minimum absolute atomic E-state index is 0.00241. The first-order chi connectivity index (χ1) is 14.5. The van der Waals surface area contributed by atoms with Crippen LogP contribution in [0.2, 0.25) is 0 Å². The summed E-state index contributed by atoms with van der Waals surface area (Å²) in [6, 6.07) is 21.9. The molecule has 0 N–H and O–H groups in total. The average molecular weight is 400 g/mol. The molecule has 1 aliphatic heterocycles. The van der Waals surface area contributed by atoms with Crippen LogP contribution >= 0.6 is 0 Å². The highest BCUT2D eigenvalue weighted by Gasteiger charge is 2.41. The molecule has 1 heterocycles. The van der Waals surface area contributed by atoms with Gasteiger partial charge in [-0.2, -0.15) is 0 Å². The number of ether oxygens (including phenoxy) is 1. The minimum atomic E-state index is -0.749. The van der Waals surface area contributed by atoms with Crippen molar-refractivity contribution in [2.75, 3.05) is 23.5 Å². The summed E-state index contributed by atoms with van der Waals surface area (Å²) in [6.07, 6.45) is 0. The molecule has 0 unspecified atom stereocenters. The van der Waals surface area contributed by atoms with Gasteiger partial charge in [0.15, 0.2) is 0 Å². The van der Waals surface area contributed by atoms with E-state index in [0.717, 1.165) is 22.4 Å². The normalized spacial score (nSPS) is 16.7. The van der Waals surface area contributed by atoms with Crippen molar-refractivity contribution in [3.63, 3.8) is 0 Å². The van der Waals surface area contributed by atoms with E-state index in [1.807, 2.05) is 86.6 Å². The van der Waals surface area contributed by atoms with E-state index < -0.39 is 6.04 Å². The van der Waals surface area contributed by atoms with Gasteiger partial charge in [-0.05, 0) is 55.8 Å². The molecule has 1 fully saturated rings. The second kappa shape index (κ2) is 8.03. The quantitative estimate of drug-likeness (QED) is 0.651. The summed E-state index contributed by atoms with van der Waals surface area (Å²) in [5, 5.41) is 0. The molecule has 0 bridgehead atoms. The summed E-state index contributed by atoms with van der Waals surface area (Å²) in [7, 11) is 1.60. The zero-order valence-corrected chi connectivity index (χ0v) is 17.3. The molecule has 1 aliphatic rings. The molecule has 4 rings (SSSR count). The molecule has 3 aromatic carbocycles. The van der Waals surface area contributed by atoms with Gasteiger partial charge in [0.1, 0.15) is 18.3 Å². The van der Waals surface area contributed by atoms with E-state index in [9.17, 15) is 9.59 Å². The highest BCUT2D eigenvalue weighted by atomic mass is 16.5. The van der Waals surface area contributed by atoms with Crippen LogP contribution < -0.4 is 14.5 Å². The third-order valence-corrected chi connectivity index (χ3v) is 5.41. The largest absolute Gasteiger partial charge is 0.497 e. The number of carbonyl (C=O) groups is 2. The number of anilines is 2. The van der Waals surface area contributed by atoms with Crippen molar-refractivity contribution in [3.8, 4) is 5.75 Å². The third-order valence-electron chi connectivity index (χ3n) is 5.41. The highest BCUT2D eigenvalue weighted by Crippen LogP contribution is 2.35. The van der Waals surface area contributed by atoms with Crippen LogP contribution in [-0.2, 0) is 9.59 Å². The maximum absolute atomic E-state index is 13.7. The van der Waals surface area contributed by atoms with Gasteiger partial charge in [-0.25, -0.2) is 0 Å². The van der Waals surface area contributed by atoms with Gasteiger partial charge in [0.25, 0.3) is 5.91 Å². The Hall–Kier alpha value is -3.60. The van der Waals surface area contributed by atoms with Crippen molar-refractivity contribution >= 4 is 23.2 Å². The maximum Gasteiger partial charge on any atom is 0.255 e. The van der Waals surface area contributed by atoms with Crippen LogP contribution in [0.1, 0.15) is 22.7 Å². The first kappa shape index (κ1) is 19.7. The van der Waals surface area contributed by atoms with Crippen molar-refractivity contribution in [3.05, 3.63) is 89.5 Å². The Kier molecular flexibility index (Phi) is 5.27. The second-order valence-electron chi connectivity index (χ2n) is 7.53. The Bertz CT molecular complexity index is 1060. The van der Waals surface area contributed by atoms with Gasteiger partial charge in [-0.1, -0.05) is 47.5 Å². The summed E-state index contributed by atoms with van der Waals surface area (Å²) in [5.74, 6) is 0.439. The Labute approximate surface area is 176 Å². The molecule has 5 heteroatoms. The van der Waals surface area contributed by atoms with Crippen LogP contribution in [0, 0.1) is 13.8 Å². The fraction of sp³-hybridized carbons (Fsp3) is 0.200. The standard InChI is InChI=1S/C25H24N2O3/c1-17-4-10-20(11-5-17)26-16-23(28)27(21-12-6-18(2)7-13-21)24(25(26)29)19-8-14-22(30-3)15-9-19/h4-15,24H,16H2,1-3H3/t24-/m0/s1. The molecule has 0 spiro atoms. The van der Waals surface area contributed by atoms with Gasteiger partial charge in [-0.15, -0.1) is 0 Å². The fourth-order valence-corrected chi connectivity index (χ4v) is 3.71. The Morgan fingerprint density at radius 2 is 1.30 bits per heavy atom. The number of carbonyl (C=O) groups excluding carboxylic acids is 2. The molecular weight excluding hydrogens is 376 g/mol. The lowest BCUT2D eigenvalue weighted by Gasteiger charge is -2.40. The number of methoxy groups -OCH3 is 1. The Balaban J connectivity index is 1.79. The van der Waals surface area contributed by atoms with Crippen LogP contribution in [0.3, 0.4) is 0 Å². The predicted octanol–water partition coefficient (Wildman–Crippen LogP) is 4.43. The smallest absolute Gasteiger partial charge is 0.255 e. The number of amides is 2. The maximum atomic E-state index is 13.7. The topological polar surface area (TPSA) is 49.9 Å². The van der Waals surface area contributed by atoms with Crippen molar-refractivity contribution < 1.29 is 14.3 Å². The van der Waals surface area contributed by atoms with Crippen molar-refractivity contribution in [1.82, 2.24) is 0 Å². The van der Waals surface area contributed by atoms with E-state index >= 15 is 0 Å². The summed E-state index contributed by atoms with van der Waals surface area (Å²) < 4.78 is 5.25. The molecule has 0 aromatic heterocycles. The van der Waals surface area contributed by atoms with Crippen LogP contribution in [-0.4, -0.2) is 25.5 Å². The molecule has 0 radical (unpaired) electrons. The third kappa shape index (κ3) is 3.66. The average Bonchev–Trinajstić information content (AvgIpc) is 2.76. The van der Waals surface area contributed by atoms with Gasteiger partial charge in [-0.3, -0.25) is 14.5 Å². The fourth-order valence-electron chi connectivity index (χ4n) is 3.71. The SMILES string of the molecule is COc1ccc([C@H]2C(=O)N(c3ccc(C)cc3)CC(=O)N2c2ccc(C)cc2)cc1. The van der Waals surface area contributed by atoms with Crippen molar-refractivity contribution in [2.45, 2.75) is 19.9 Å². The number of nitrogens with zero attached hydrogens (tertiary/aromatic N) is 2. The van der Waals surface area contributed by atoms with E-state index in [0.29, 0.717) is 11.4 Å². The van der Waals surface area contributed by atoms with Crippen LogP contribution in [0.15, 0.2) is 72.8 Å². The zero-order valence-electron chi connectivity index (χ0n) is 17.3. The number of piperazine rings is 1. The van der Waals surface area contributed by atoms with Gasteiger partial charge in [0, 0.05) is 11.4 Å². The molecule has 2 amide bonds. The highest BCUT2D eigenvalue weighted by molar-refractivity contribution is 6.14. The summed E-state index contributed by atoms with van der Waals surface area (Å²) >= 11 is 0. The number of hydrogen-bond acceptors (Lipinski definition) is 3. The van der Waals surface area contributed by atoms with Crippen LogP contribution in [0.4, 0.5) is 11.4 Å². The first-order valence-corrected chi connectivity index (χ1v) is 9.88. The molecule has 1 saturated heterocycles. The number of rotatable bonds is 4. The number of benzene rings is 3. The van der Waals surface area contributed by atoms with E-state index in [-0.39, 0.29) is 18.4 Å². The van der Waals surface area contributed by atoms with Crippen molar-refractivity contribution in [1.29, 1.82) is 0 Å². The molecule has 0 aliphatic carbocycles. The van der Waals surface area contributed by atoms with E-state index in [4.69, 9.17) is 4.74 Å². The van der Waals surface area contributed by atoms with Gasteiger partial charge in [0.2, 0.25) is 5.91 Å². The lowest BCUT2D eigenvalue weighted by molar-refractivity contribution is -0.128. The minimum Gasteiger partial charge on any atom is -0.497 e. The van der Waals surface area contributed by atoms with Gasteiger partial charge < -0.3 is 9.64 Å². The molecule has 30 heavy (non-hydrogen) atoms. The van der Waals surface area contributed by atoms with E-state index in [1.165, 1.54) is 0 Å². The van der Waals surface area contributed by atoms with Gasteiger partial charge >= 0.3 is 0 Å². The number of aryl methyl sites for hydroxylation is 2. The predicted molar refractivity (Wildman–Crippen MR) is 118 cm³/mol. The first-order valence-electron chi connectivity index (χ1n) is 9.88. The molecule has 3 aromatic rings. The Morgan fingerprint density at radius 3 is 1.83 bits per heavy atom. The van der Waals surface area contributed by atoms with E-state index in [2.05, 4.69) is 0 Å². The molecular formula is C25H24N2O3. The molecule has 152 valence electrons. The summed E-state index contributed by atoms with van der Waals surface area (Å²) in [6.45, 7) is 3.99. The van der Waals surface area contributed by atoms with E-state index in [1.54, 1.807) is 16.9 Å². The van der Waals surface area contributed by atoms with Crippen LogP contribution in [0.25, 0.3) is 0 Å². The molecule has 5 nitrogen and oxygen atoms in total. The van der Waals surface area contributed by atoms with Crippen LogP contribution in [0.5, 0.6) is 5.75 Å². The van der Waals surface area contributed by atoms with Gasteiger partial charge in [0.05, 0.1) is 7.11 Å². The lowest BCUT2D eigenvalue weighted by Crippen LogP contribution is -2.56. The zero-order chi connectivity index (χ0) is 21.3. The summed E-state index contributed by atoms with van der Waals surface area (Å²) in [5.41, 5.74) is 4.37. The molecule has 0 saturated carbocycles. The number of hydrogen-bond donors (Lipinski definition) is 0. The van der Waals surface area contributed by atoms with Crippen molar-refractivity contribution in [2.24, 2.45) is 0 Å². The Morgan fingerprint density at radius 1 is 0.767 bits per heavy atom. The lowest BCUT2D eigenvalue weighted by atomic mass is 9.99. The monoisotopic (exact) mass is 400 g/mol.